The molecule has 1 heterocycles. The Bertz CT molecular complexity index is 963. The summed E-state index contributed by atoms with van der Waals surface area (Å²) in [6.45, 7) is 2.22. The number of methoxy groups -OCH3 is 2. The second-order valence-corrected chi connectivity index (χ2v) is 7.52. The van der Waals surface area contributed by atoms with Crippen molar-refractivity contribution >= 4 is 0 Å². The summed E-state index contributed by atoms with van der Waals surface area (Å²) in [7, 11) is 5.02. The van der Waals surface area contributed by atoms with Gasteiger partial charge in [0.2, 0.25) is 5.88 Å². The zero-order valence-corrected chi connectivity index (χ0v) is 18.7. The van der Waals surface area contributed by atoms with E-state index in [2.05, 4.69) is 4.90 Å². The number of aryl methyl sites for hydroxylation is 1. The van der Waals surface area contributed by atoms with E-state index in [9.17, 15) is 9.50 Å². The van der Waals surface area contributed by atoms with Gasteiger partial charge in [-0.3, -0.25) is 4.90 Å². The van der Waals surface area contributed by atoms with E-state index in [1.807, 2.05) is 37.4 Å². The van der Waals surface area contributed by atoms with Crippen LogP contribution in [0.5, 0.6) is 11.6 Å². The molecule has 1 unspecified atom stereocenters. The number of hydrogen-bond acceptors (Lipinski definition) is 6. The van der Waals surface area contributed by atoms with Gasteiger partial charge in [0, 0.05) is 46.5 Å². The van der Waals surface area contributed by atoms with Gasteiger partial charge in [-0.05, 0) is 24.3 Å². The Kier molecular flexibility index (Phi) is 8.75. The number of halogens is 1. The molecule has 0 bridgehead atoms. The molecule has 1 aromatic heterocycles. The maximum absolute atomic E-state index is 13.4. The molecule has 1 atom stereocenters. The highest BCUT2D eigenvalue weighted by molar-refractivity contribution is 5.65. The molecule has 3 aromatic rings. The Balaban J connectivity index is 1.98. The van der Waals surface area contributed by atoms with Crippen molar-refractivity contribution < 1.29 is 23.7 Å². The maximum atomic E-state index is 13.4. The molecule has 2 aromatic carbocycles. The van der Waals surface area contributed by atoms with E-state index in [1.165, 1.54) is 12.1 Å². The van der Waals surface area contributed by atoms with Gasteiger partial charge in [0.25, 0.3) is 0 Å². The number of aliphatic hydroxyl groups excluding tert-OH is 1. The highest BCUT2D eigenvalue weighted by Gasteiger charge is 2.23. The van der Waals surface area contributed by atoms with Crippen molar-refractivity contribution in [2.45, 2.75) is 12.6 Å². The highest BCUT2D eigenvalue weighted by Crippen LogP contribution is 2.34. The molecule has 0 fully saturated rings. The summed E-state index contributed by atoms with van der Waals surface area (Å²) >= 11 is 0. The van der Waals surface area contributed by atoms with Gasteiger partial charge in [-0.1, -0.05) is 30.3 Å². The predicted molar refractivity (Wildman–Crippen MR) is 120 cm³/mol. The third-order valence-electron chi connectivity index (χ3n) is 4.98. The van der Waals surface area contributed by atoms with Gasteiger partial charge >= 0.3 is 0 Å². The lowest BCUT2D eigenvalue weighted by molar-refractivity contribution is 0.0292. The molecule has 172 valence electrons. The zero-order chi connectivity index (χ0) is 22.9. The molecule has 0 radical (unpaired) electrons. The number of nitrogens with zero attached hydrogens (tertiary/aromatic N) is 3. The van der Waals surface area contributed by atoms with Crippen LogP contribution in [0.25, 0.3) is 11.3 Å². The summed E-state index contributed by atoms with van der Waals surface area (Å²) in [5.41, 5.74) is 2.61. The SMILES string of the molecule is COCCN(Cc1c(-c2ccccc2)nn(C)c1Oc1ccc(F)cc1)CC(O)COC. The van der Waals surface area contributed by atoms with Gasteiger partial charge in [0.15, 0.2) is 0 Å². The zero-order valence-electron chi connectivity index (χ0n) is 18.7. The normalized spacial score (nSPS) is 12.3. The van der Waals surface area contributed by atoms with E-state index in [-0.39, 0.29) is 12.4 Å². The van der Waals surface area contributed by atoms with E-state index < -0.39 is 6.10 Å². The van der Waals surface area contributed by atoms with Crippen molar-refractivity contribution in [2.24, 2.45) is 7.05 Å². The summed E-state index contributed by atoms with van der Waals surface area (Å²) in [6, 6.07) is 15.7. The van der Waals surface area contributed by atoms with Gasteiger partial charge in [-0.2, -0.15) is 5.10 Å². The van der Waals surface area contributed by atoms with Crippen LogP contribution in [-0.4, -0.2) is 66.4 Å². The molecule has 0 spiro atoms. The van der Waals surface area contributed by atoms with E-state index in [0.717, 1.165) is 16.8 Å². The number of rotatable bonds is 12. The van der Waals surface area contributed by atoms with Crippen LogP contribution in [0.2, 0.25) is 0 Å². The first kappa shape index (κ1) is 23.9. The van der Waals surface area contributed by atoms with Gasteiger partial charge < -0.3 is 19.3 Å². The lowest BCUT2D eigenvalue weighted by atomic mass is 10.1. The second kappa shape index (κ2) is 11.7. The molecule has 1 N–H and O–H groups in total. The predicted octanol–water partition coefficient (Wildman–Crippen LogP) is 3.47. The Hall–Kier alpha value is -2.78. The first-order chi connectivity index (χ1) is 15.5. The maximum Gasteiger partial charge on any atom is 0.222 e. The van der Waals surface area contributed by atoms with Crippen LogP contribution >= 0.6 is 0 Å². The fourth-order valence-electron chi connectivity index (χ4n) is 3.49. The lowest BCUT2D eigenvalue weighted by Crippen LogP contribution is -2.36. The largest absolute Gasteiger partial charge is 0.439 e. The van der Waals surface area contributed by atoms with Crippen molar-refractivity contribution in [1.82, 2.24) is 14.7 Å². The van der Waals surface area contributed by atoms with Crippen molar-refractivity contribution in [3.05, 3.63) is 66.0 Å². The Morgan fingerprint density at radius 1 is 1.06 bits per heavy atom. The summed E-state index contributed by atoms with van der Waals surface area (Å²) in [4.78, 5) is 2.08. The number of aromatic nitrogens is 2. The quantitative estimate of drug-likeness (QED) is 0.462. The molecule has 0 amide bonds. The van der Waals surface area contributed by atoms with Gasteiger partial charge in [-0.25, -0.2) is 9.07 Å². The molecule has 0 saturated heterocycles. The topological polar surface area (TPSA) is 69.0 Å². The van der Waals surface area contributed by atoms with Gasteiger partial charge in [0.1, 0.15) is 17.3 Å². The molecular weight excluding hydrogens is 413 g/mol. The highest BCUT2D eigenvalue weighted by atomic mass is 19.1. The third kappa shape index (κ3) is 6.37. The minimum atomic E-state index is -0.643. The monoisotopic (exact) mass is 443 g/mol. The second-order valence-electron chi connectivity index (χ2n) is 7.52. The van der Waals surface area contributed by atoms with Crippen LogP contribution in [0.15, 0.2) is 54.6 Å². The molecule has 0 aliphatic rings. The Labute approximate surface area is 187 Å². The smallest absolute Gasteiger partial charge is 0.222 e. The number of ether oxygens (including phenoxy) is 3. The Morgan fingerprint density at radius 2 is 1.78 bits per heavy atom. The average molecular weight is 444 g/mol. The van der Waals surface area contributed by atoms with Gasteiger partial charge in [0.05, 0.1) is 24.9 Å². The van der Waals surface area contributed by atoms with E-state index in [1.54, 1.807) is 31.0 Å². The standard InChI is InChI=1S/C24H30FN3O4/c1-27-24(32-21-11-9-19(25)10-12-21)22(23(26-27)18-7-5-4-6-8-18)16-28(13-14-30-2)15-20(29)17-31-3/h4-12,20,29H,13-17H2,1-3H3. The molecule has 0 aliphatic carbocycles. The van der Waals surface area contributed by atoms with Crippen LogP contribution in [-0.2, 0) is 23.1 Å². The number of benzene rings is 2. The van der Waals surface area contributed by atoms with E-state index >= 15 is 0 Å². The third-order valence-corrected chi connectivity index (χ3v) is 4.98. The first-order valence-corrected chi connectivity index (χ1v) is 10.4. The average Bonchev–Trinajstić information content (AvgIpc) is 3.09. The summed E-state index contributed by atoms with van der Waals surface area (Å²) in [5.74, 6) is 0.739. The minimum absolute atomic E-state index is 0.237. The van der Waals surface area contributed by atoms with Crippen LogP contribution in [0.1, 0.15) is 5.56 Å². The fourth-order valence-corrected chi connectivity index (χ4v) is 3.49. The van der Waals surface area contributed by atoms with Crippen LogP contribution < -0.4 is 4.74 Å². The van der Waals surface area contributed by atoms with Gasteiger partial charge in [-0.15, -0.1) is 0 Å². The fraction of sp³-hybridized carbons (Fsp3) is 0.375. The van der Waals surface area contributed by atoms with Crippen molar-refractivity contribution in [1.29, 1.82) is 0 Å². The Morgan fingerprint density at radius 3 is 2.44 bits per heavy atom. The molecule has 7 nitrogen and oxygen atoms in total. The number of hydrogen-bond donors (Lipinski definition) is 1. The minimum Gasteiger partial charge on any atom is -0.439 e. The summed E-state index contributed by atoms with van der Waals surface area (Å²) in [6.07, 6.45) is -0.643. The van der Waals surface area contributed by atoms with Crippen LogP contribution in [0.3, 0.4) is 0 Å². The first-order valence-electron chi connectivity index (χ1n) is 10.4. The van der Waals surface area contributed by atoms with Crippen molar-refractivity contribution in [3.8, 4) is 22.9 Å². The molecule has 8 heteroatoms. The van der Waals surface area contributed by atoms with Crippen LogP contribution in [0.4, 0.5) is 4.39 Å². The number of aliphatic hydroxyl groups is 1. The van der Waals surface area contributed by atoms with Crippen molar-refractivity contribution in [2.75, 3.05) is 40.5 Å². The molecule has 0 saturated carbocycles. The molecule has 32 heavy (non-hydrogen) atoms. The lowest BCUT2D eigenvalue weighted by Gasteiger charge is -2.25. The van der Waals surface area contributed by atoms with Crippen molar-refractivity contribution in [3.63, 3.8) is 0 Å². The molecule has 0 aliphatic heterocycles. The summed E-state index contributed by atoms with van der Waals surface area (Å²) in [5, 5.41) is 15.0. The molecule has 3 rings (SSSR count). The van der Waals surface area contributed by atoms with E-state index in [0.29, 0.717) is 37.9 Å². The summed E-state index contributed by atoms with van der Waals surface area (Å²) < 4.78 is 31.5. The van der Waals surface area contributed by atoms with Crippen LogP contribution in [0, 0.1) is 5.82 Å². The van der Waals surface area contributed by atoms with E-state index in [4.69, 9.17) is 19.3 Å². The molecular formula is C24H30FN3O4.